The molecule has 2 fully saturated rings. The summed E-state index contributed by atoms with van der Waals surface area (Å²) in [7, 11) is 0. The number of hydrogen-bond donors (Lipinski definition) is 1. The fourth-order valence-electron chi connectivity index (χ4n) is 3.85. The number of fused-ring (bicyclic) bond motifs is 1. The molecule has 0 bridgehead atoms. The Bertz CT molecular complexity index is 718. The highest BCUT2D eigenvalue weighted by atomic mass is 16.5. The molecule has 0 spiro atoms. The molecule has 25 heavy (non-hydrogen) atoms. The third-order valence-corrected chi connectivity index (χ3v) is 4.99. The van der Waals surface area contributed by atoms with Crippen LogP contribution in [-0.2, 0) is 25.7 Å². The van der Waals surface area contributed by atoms with Crippen LogP contribution in [0.4, 0.5) is 0 Å². The molecule has 8 heteroatoms. The van der Waals surface area contributed by atoms with Crippen molar-refractivity contribution < 1.29 is 24.2 Å². The highest BCUT2D eigenvalue weighted by Gasteiger charge is 2.75. The van der Waals surface area contributed by atoms with Gasteiger partial charge in [0.25, 0.3) is 0 Å². The van der Waals surface area contributed by atoms with Crippen LogP contribution in [0.3, 0.4) is 0 Å². The SMILES string of the molecule is CCOC(=O)[C@H]1[C@@H]2C[C@H](O)[C@@](N=[N+]=[N-])(C(=O)OCc3ccccc3)[C@@H]21. The number of esters is 2. The van der Waals surface area contributed by atoms with Crippen LogP contribution in [0.1, 0.15) is 18.9 Å². The Morgan fingerprint density at radius 2 is 2.08 bits per heavy atom. The molecular formula is C17H19N3O5. The Kier molecular flexibility index (Phi) is 4.65. The molecular weight excluding hydrogens is 326 g/mol. The molecule has 2 saturated carbocycles. The van der Waals surface area contributed by atoms with Crippen molar-refractivity contribution in [1.29, 1.82) is 0 Å². The first-order chi connectivity index (χ1) is 12.1. The lowest BCUT2D eigenvalue weighted by molar-refractivity contribution is -0.157. The van der Waals surface area contributed by atoms with Gasteiger partial charge in [-0.15, -0.1) is 0 Å². The summed E-state index contributed by atoms with van der Waals surface area (Å²) in [5, 5.41) is 14.0. The molecule has 1 aromatic carbocycles. The molecule has 2 aliphatic carbocycles. The average Bonchev–Trinajstić information content (AvgIpc) is 3.25. The molecule has 0 amide bonds. The predicted molar refractivity (Wildman–Crippen MR) is 85.8 cm³/mol. The monoisotopic (exact) mass is 345 g/mol. The summed E-state index contributed by atoms with van der Waals surface area (Å²) in [5.41, 5.74) is 7.93. The van der Waals surface area contributed by atoms with Gasteiger partial charge in [-0.1, -0.05) is 35.4 Å². The van der Waals surface area contributed by atoms with E-state index in [1.165, 1.54) is 0 Å². The number of carbonyl (C=O) groups excluding carboxylic acids is 2. The highest BCUT2D eigenvalue weighted by molar-refractivity contribution is 5.88. The van der Waals surface area contributed by atoms with Gasteiger partial charge < -0.3 is 14.6 Å². The highest BCUT2D eigenvalue weighted by Crippen LogP contribution is 2.64. The van der Waals surface area contributed by atoms with Gasteiger partial charge in [0.1, 0.15) is 6.61 Å². The quantitative estimate of drug-likeness (QED) is 0.365. The minimum absolute atomic E-state index is 0.00342. The van der Waals surface area contributed by atoms with Gasteiger partial charge in [0.15, 0.2) is 5.54 Å². The first-order valence-electron chi connectivity index (χ1n) is 8.18. The maximum Gasteiger partial charge on any atom is 0.321 e. The number of hydrogen-bond acceptors (Lipinski definition) is 6. The van der Waals surface area contributed by atoms with Gasteiger partial charge in [-0.3, -0.25) is 9.59 Å². The maximum atomic E-state index is 12.7. The predicted octanol–water partition coefficient (Wildman–Crippen LogP) is 1.97. The van der Waals surface area contributed by atoms with Crippen LogP contribution in [0, 0.1) is 17.8 Å². The number of aliphatic hydroxyl groups is 1. The second-order valence-electron chi connectivity index (χ2n) is 6.30. The topological polar surface area (TPSA) is 122 Å². The number of benzene rings is 1. The molecule has 0 unspecified atom stereocenters. The van der Waals surface area contributed by atoms with E-state index in [0.29, 0.717) is 0 Å². The summed E-state index contributed by atoms with van der Waals surface area (Å²) in [5.74, 6) is -2.60. The van der Waals surface area contributed by atoms with Gasteiger partial charge in [-0.2, -0.15) is 0 Å². The molecule has 3 rings (SSSR count). The molecule has 1 N–H and O–H groups in total. The van der Waals surface area contributed by atoms with Crippen molar-refractivity contribution in [2.45, 2.75) is 31.6 Å². The Morgan fingerprint density at radius 1 is 1.36 bits per heavy atom. The van der Waals surface area contributed by atoms with Gasteiger partial charge in [-0.25, -0.2) is 0 Å². The average molecular weight is 345 g/mol. The van der Waals surface area contributed by atoms with Crippen LogP contribution in [0.15, 0.2) is 35.4 Å². The molecule has 0 aromatic heterocycles. The summed E-state index contributed by atoms with van der Waals surface area (Å²) in [6, 6.07) is 9.04. The van der Waals surface area contributed by atoms with Gasteiger partial charge in [0, 0.05) is 10.8 Å². The zero-order chi connectivity index (χ0) is 18.0. The fourth-order valence-corrected chi connectivity index (χ4v) is 3.85. The van der Waals surface area contributed by atoms with E-state index in [0.717, 1.165) is 5.56 Å². The van der Waals surface area contributed by atoms with E-state index in [-0.39, 0.29) is 25.6 Å². The number of carbonyl (C=O) groups is 2. The number of nitrogens with zero attached hydrogens (tertiary/aromatic N) is 3. The lowest BCUT2D eigenvalue weighted by Gasteiger charge is -2.28. The van der Waals surface area contributed by atoms with E-state index in [4.69, 9.17) is 15.0 Å². The summed E-state index contributed by atoms with van der Waals surface area (Å²) >= 11 is 0. The Labute approximate surface area is 144 Å². The molecule has 0 saturated heterocycles. The number of aliphatic hydroxyl groups excluding tert-OH is 1. The molecule has 1 aromatic rings. The first-order valence-corrected chi connectivity index (χ1v) is 8.18. The van der Waals surface area contributed by atoms with Crippen LogP contribution >= 0.6 is 0 Å². The van der Waals surface area contributed by atoms with Crippen LogP contribution in [0.25, 0.3) is 10.4 Å². The molecule has 2 aliphatic rings. The van der Waals surface area contributed by atoms with Crippen LogP contribution in [-0.4, -0.2) is 35.3 Å². The van der Waals surface area contributed by atoms with Crippen LogP contribution in [0.2, 0.25) is 0 Å². The zero-order valence-electron chi connectivity index (χ0n) is 13.7. The minimum Gasteiger partial charge on any atom is -0.466 e. The van der Waals surface area contributed by atoms with E-state index in [9.17, 15) is 14.7 Å². The Hall–Kier alpha value is -2.57. The van der Waals surface area contributed by atoms with Gasteiger partial charge in [0.2, 0.25) is 0 Å². The standard InChI is InChI=1S/C17H19N3O5/c1-2-24-15(22)13-11-8-12(21)17(14(11)13,19-20-18)16(23)25-9-10-6-4-3-5-7-10/h3-7,11-14,21H,2,8-9H2,1H3/t11-,12-,13-,14-,17-/m0/s1. The number of rotatable bonds is 6. The second-order valence-corrected chi connectivity index (χ2v) is 6.30. The van der Waals surface area contributed by atoms with E-state index in [2.05, 4.69) is 10.0 Å². The van der Waals surface area contributed by atoms with E-state index >= 15 is 0 Å². The van der Waals surface area contributed by atoms with Crippen molar-refractivity contribution in [2.24, 2.45) is 22.9 Å². The smallest absolute Gasteiger partial charge is 0.321 e. The first kappa shape index (κ1) is 17.3. The fraction of sp³-hybridized carbons (Fsp3) is 0.529. The van der Waals surface area contributed by atoms with Gasteiger partial charge >= 0.3 is 11.9 Å². The van der Waals surface area contributed by atoms with E-state index in [1.807, 2.05) is 18.2 Å². The lowest BCUT2D eigenvalue weighted by Crippen LogP contribution is -2.49. The molecule has 8 nitrogen and oxygen atoms in total. The third kappa shape index (κ3) is 2.83. The number of azide groups is 1. The Morgan fingerprint density at radius 3 is 2.72 bits per heavy atom. The molecule has 5 atom stereocenters. The zero-order valence-corrected chi connectivity index (χ0v) is 13.7. The van der Waals surface area contributed by atoms with Crippen molar-refractivity contribution in [3.05, 3.63) is 46.3 Å². The molecule has 132 valence electrons. The van der Waals surface area contributed by atoms with Crippen molar-refractivity contribution in [2.75, 3.05) is 6.61 Å². The molecule has 0 aliphatic heterocycles. The van der Waals surface area contributed by atoms with Gasteiger partial charge in [-0.05, 0) is 30.4 Å². The normalized spacial score (nSPS) is 32.2. The van der Waals surface area contributed by atoms with Crippen molar-refractivity contribution in [3.63, 3.8) is 0 Å². The van der Waals surface area contributed by atoms with E-state index in [1.54, 1.807) is 19.1 Å². The largest absolute Gasteiger partial charge is 0.466 e. The minimum atomic E-state index is -1.77. The second kappa shape index (κ2) is 6.74. The Balaban J connectivity index is 1.79. The molecule has 0 radical (unpaired) electrons. The summed E-state index contributed by atoms with van der Waals surface area (Å²) < 4.78 is 10.3. The summed E-state index contributed by atoms with van der Waals surface area (Å²) in [4.78, 5) is 27.5. The summed E-state index contributed by atoms with van der Waals surface area (Å²) in [6.07, 6.45) is -0.972. The summed E-state index contributed by atoms with van der Waals surface area (Å²) in [6.45, 7) is 1.92. The molecule has 0 heterocycles. The lowest BCUT2D eigenvalue weighted by atomic mass is 9.88. The van der Waals surface area contributed by atoms with Crippen LogP contribution in [0.5, 0.6) is 0 Å². The van der Waals surface area contributed by atoms with E-state index < -0.39 is 35.4 Å². The maximum absolute atomic E-state index is 12.7. The van der Waals surface area contributed by atoms with Crippen molar-refractivity contribution in [3.8, 4) is 0 Å². The number of ether oxygens (including phenoxy) is 2. The van der Waals surface area contributed by atoms with Crippen molar-refractivity contribution >= 4 is 11.9 Å². The third-order valence-electron chi connectivity index (χ3n) is 4.99. The van der Waals surface area contributed by atoms with Crippen molar-refractivity contribution in [1.82, 2.24) is 0 Å². The van der Waals surface area contributed by atoms with Crippen LogP contribution < -0.4 is 0 Å². The van der Waals surface area contributed by atoms with Gasteiger partial charge in [0.05, 0.1) is 18.6 Å².